The SMILES string of the molecule is CCOc1ccccc1CSCC(=O)Nc1ccc(C)cc1C. The lowest BCUT2D eigenvalue weighted by Gasteiger charge is -2.11. The minimum atomic E-state index is 0.0239. The molecule has 0 bridgehead atoms. The summed E-state index contributed by atoms with van der Waals surface area (Å²) >= 11 is 1.59. The van der Waals surface area contributed by atoms with Crippen LogP contribution in [0.3, 0.4) is 0 Å². The van der Waals surface area contributed by atoms with Gasteiger partial charge in [0.15, 0.2) is 0 Å². The molecule has 0 aliphatic carbocycles. The molecule has 2 aromatic rings. The predicted molar refractivity (Wildman–Crippen MR) is 98.3 cm³/mol. The second-order valence-corrected chi connectivity index (χ2v) is 6.39. The summed E-state index contributed by atoms with van der Waals surface area (Å²) in [4.78, 5) is 12.1. The van der Waals surface area contributed by atoms with Crippen molar-refractivity contribution in [2.24, 2.45) is 0 Å². The molecule has 122 valence electrons. The van der Waals surface area contributed by atoms with E-state index in [9.17, 15) is 4.79 Å². The van der Waals surface area contributed by atoms with E-state index in [0.717, 1.165) is 28.3 Å². The number of nitrogens with one attached hydrogen (secondary N) is 1. The van der Waals surface area contributed by atoms with E-state index in [2.05, 4.69) is 11.4 Å². The molecule has 4 heteroatoms. The molecule has 3 nitrogen and oxygen atoms in total. The standard InChI is InChI=1S/C19H23NO2S/c1-4-22-18-8-6-5-7-16(18)12-23-13-19(21)20-17-10-9-14(2)11-15(17)3/h5-11H,4,12-13H2,1-3H3,(H,20,21). The molecule has 1 N–H and O–H groups in total. The van der Waals surface area contributed by atoms with E-state index < -0.39 is 0 Å². The van der Waals surface area contributed by atoms with Gasteiger partial charge in [-0.05, 0) is 38.5 Å². The third-order valence-corrected chi connectivity index (χ3v) is 4.40. The van der Waals surface area contributed by atoms with E-state index in [-0.39, 0.29) is 5.91 Å². The first-order valence-corrected chi connectivity index (χ1v) is 8.91. The number of hydrogen-bond donors (Lipinski definition) is 1. The topological polar surface area (TPSA) is 38.3 Å². The zero-order valence-electron chi connectivity index (χ0n) is 13.9. The number of aryl methyl sites for hydroxylation is 2. The Labute approximate surface area is 142 Å². The zero-order chi connectivity index (χ0) is 16.7. The molecule has 0 atom stereocenters. The summed E-state index contributed by atoms with van der Waals surface area (Å²) in [6, 6.07) is 14.0. The van der Waals surface area contributed by atoms with Crippen LogP contribution in [0.5, 0.6) is 5.75 Å². The molecule has 2 rings (SSSR count). The fraction of sp³-hybridized carbons (Fsp3) is 0.316. The fourth-order valence-electron chi connectivity index (χ4n) is 2.31. The molecule has 1 amide bonds. The normalized spacial score (nSPS) is 10.4. The maximum absolute atomic E-state index is 12.1. The van der Waals surface area contributed by atoms with Crippen molar-refractivity contribution < 1.29 is 9.53 Å². The number of amides is 1. The number of hydrogen-bond acceptors (Lipinski definition) is 3. The third kappa shape index (κ3) is 5.32. The average molecular weight is 329 g/mol. The molecule has 0 saturated carbocycles. The van der Waals surface area contributed by atoms with Crippen molar-refractivity contribution in [3.63, 3.8) is 0 Å². The lowest BCUT2D eigenvalue weighted by atomic mass is 10.1. The zero-order valence-corrected chi connectivity index (χ0v) is 14.7. The van der Waals surface area contributed by atoms with Crippen LogP contribution in [-0.4, -0.2) is 18.3 Å². The fourth-order valence-corrected chi connectivity index (χ4v) is 3.13. The summed E-state index contributed by atoms with van der Waals surface area (Å²) in [6.07, 6.45) is 0. The van der Waals surface area contributed by atoms with Gasteiger partial charge in [0.2, 0.25) is 5.91 Å². The van der Waals surface area contributed by atoms with E-state index in [1.54, 1.807) is 11.8 Å². The molecule has 0 fully saturated rings. The van der Waals surface area contributed by atoms with Crippen LogP contribution >= 0.6 is 11.8 Å². The van der Waals surface area contributed by atoms with Crippen LogP contribution < -0.4 is 10.1 Å². The Morgan fingerprint density at radius 2 is 1.96 bits per heavy atom. The first-order valence-electron chi connectivity index (χ1n) is 7.75. The van der Waals surface area contributed by atoms with E-state index in [4.69, 9.17) is 4.74 Å². The van der Waals surface area contributed by atoms with Gasteiger partial charge in [-0.25, -0.2) is 0 Å². The quantitative estimate of drug-likeness (QED) is 0.808. The van der Waals surface area contributed by atoms with Crippen molar-refractivity contribution in [3.8, 4) is 5.75 Å². The second kappa shape index (κ2) is 8.63. The highest BCUT2D eigenvalue weighted by Gasteiger charge is 2.07. The van der Waals surface area contributed by atoms with Crippen LogP contribution in [0.4, 0.5) is 5.69 Å². The predicted octanol–water partition coefficient (Wildman–Crippen LogP) is 4.57. The largest absolute Gasteiger partial charge is 0.494 e. The van der Waals surface area contributed by atoms with E-state index in [0.29, 0.717) is 12.4 Å². The molecular weight excluding hydrogens is 306 g/mol. The first kappa shape index (κ1) is 17.4. The highest BCUT2D eigenvalue weighted by Crippen LogP contribution is 2.23. The highest BCUT2D eigenvalue weighted by molar-refractivity contribution is 7.99. The minimum Gasteiger partial charge on any atom is -0.494 e. The van der Waals surface area contributed by atoms with Crippen molar-refractivity contribution in [2.45, 2.75) is 26.5 Å². The Balaban J connectivity index is 1.85. The van der Waals surface area contributed by atoms with Gasteiger partial charge < -0.3 is 10.1 Å². The first-order chi connectivity index (χ1) is 11.1. The van der Waals surface area contributed by atoms with Crippen molar-refractivity contribution >= 4 is 23.4 Å². The molecule has 23 heavy (non-hydrogen) atoms. The minimum absolute atomic E-state index is 0.0239. The number of para-hydroxylation sites is 1. The van der Waals surface area contributed by atoms with E-state index in [1.807, 2.05) is 57.2 Å². The molecule has 0 heterocycles. The van der Waals surface area contributed by atoms with E-state index in [1.165, 1.54) is 5.56 Å². The summed E-state index contributed by atoms with van der Waals surface area (Å²) in [5, 5.41) is 2.97. The summed E-state index contributed by atoms with van der Waals surface area (Å²) in [5.74, 6) is 2.11. The Kier molecular flexibility index (Phi) is 6.53. The van der Waals surface area contributed by atoms with Crippen molar-refractivity contribution in [1.82, 2.24) is 0 Å². The Morgan fingerprint density at radius 3 is 2.70 bits per heavy atom. The van der Waals surface area contributed by atoms with Gasteiger partial charge >= 0.3 is 0 Å². The van der Waals surface area contributed by atoms with Crippen LogP contribution in [0.15, 0.2) is 42.5 Å². The summed E-state index contributed by atoms with van der Waals surface area (Å²) in [7, 11) is 0. The maximum Gasteiger partial charge on any atom is 0.234 e. The molecule has 0 saturated heterocycles. The van der Waals surface area contributed by atoms with Gasteiger partial charge in [0.1, 0.15) is 5.75 Å². The van der Waals surface area contributed by atoms with Crippen LogP contribution in [0.25, 0.3) is 0 Å². The van der Waals surface area contributed by atoms with Gasteiger partial charge in [0, 0.05) is 17.0 Å². The summed E-state index contributed by atoms with van der Waals surface area (Å²) in [5.41, 5.74) is 4.29. The molecular formula is C19H23NO2S. The number of carbonyl (C=O) groups is 1. The van der Waals surface area contributed by atoms with Gasteiger partial charge in [0.05, 0.1) is 12.4 Å². The second-order valence-electron chi connectivity index (χ2n) is 5.40. The lowest BCUT2D eigenvalue weighted by Crippen LogP contribution is -2.15. The van der Waals surface area contributed by atoms with Crippen LogP contribution in [0.2, 0.25) is 0 Å². The number of thioether (sulfide) groups is 1. The van der Waals surface area contributed by atoms with Gasteiger partial charge in [0.25, 0.3) is 0 Å². The molecule has 0 radical (unpaired) electrons. The van der Waals surface area contributed by atoms with Crippen LogP contribution in [0, 0.1) is 13.8 Å². The Bertz CT molecular complexity index is 670. The average Bonchev–Trinajstić information content (AvgIpc) is 2.52. The van der Waals surface area contributed by atoms with Gasteiger partial charge in [-0.1, -0.05) is 35.9 Å². The number of rotatable bonds is 7. The van der Waals surface area contributed by atoms with Crippen LogP contribution in [0.1, 0.15) is 23.6 Å². The Hall–Kier alpha value is -1.94. The summed E-state index contributed by atoms with van der Waals surface area (Å²) in [6.45, 7) is 6.68. The molecule has 0 unspecified atom stereocenters. The molecule has 0 aliphatic heterocycles. The van der Waals surface area contributed by atoms with Gasteiger partial charge in [-0.15, -0.1) is 11.8 Å². The van der Waals surface area contributed by atoms with Crippen molar-refractivity contribution in [2.75, 3.05) is 17.7 Å². The number of carbonyl (C=O) groups excluding carboxylic acids is 1. The lowest BCUT2D eigenvalue weighted by molar-refractivity contribution is -0.113. The van der Waals surface area contributed by atoms with Gasteiger partial charge in [-0.2, -0.15) is 0 Å². The summed E-state index contributed by atoms with van der Waals surface area (Å²) < 4.78 is 5.60. The Morgan fingerprint density at radius 1 is 1.17 bits per heavy atom. The molecule has 0 aromatic heterocycles. The molecule has 0 aliphatic rings. The van der Waals surface area contributed by atoms with Crippen LogP contribution in [-0.2, 0) is 10.5 Å². The smallest absolute Gasteiger partial charge is 0.234 e. The molecule has 0 spiro atoms. The number of ether oxygens (including phenoxy) is 1. The molecule has 2 aromatic carbocycles. The van der Waals surface area contributed by atoms with Crippen molar-refractivity contribution in [1.29, 1.82) is 0 Å². The number of anilines is 1. The number of benzene rings is 2. The monoisotopic (exact) mass is 329 g/mol. The van der Waals surface area contributed by atoms with Gasteiger partial charge in [-0.3, -0.25) is 4.79 Å². The maximum atomic E-state index is 12.1. The highest BCUT2D eigenvalue weighted by atomic mass is 32.2. The third-order valence-electron chi connectivity index (χ3n) is 3.42. The van der Waals surface area contributed by atoms with E-state index >= 15 is 0 Å². The van der Waals surface area contributed by atoms with Crippen molar-refractivity contribution in [3.05, 3.63) is 59.2 Å².